The molecular formula is C8H8F3NO. The molecule has 13 heavy (non-hydrogen) atoms. The van der Waals surface area contributed by atoms with Gasteiger partial charge in [0.25, 0.3) is 0 Å². The first kappa shape index (κ1) is 9.83. The molecule has 0 fully saturated rings. The van der Waals surface area contributed by atoms with Gasteiger partial charge >= 0.3 is 6.18 Å². The Morgan fingerprint density at radius 1 is 1.31 bits per heavy atom. The Morgan fingerprint density at radius 3 is 2.38 bits per heavy atom. The third kappa shape index (κ3) is 2.34. The number of hydrogen-bond donors (Lipinski definition) is 0. The van der Waals surface area contributed by atoms with Crippen molar-refractivity contribution in [3.05, 3.63) is 23.5 Å². The minimum absolute atomic E-state index is 0.167. The molecule has 0 spiro atoms. The zero-order valence-electron chi connectivity index (χ0n) is 7.14. The van der Waals surface area contributed by atoms with Crippen molar-refractivity contribution in [1.82, 2.24) is 4.98 Å². The van der Waals surface area contributed by atoms with E-state index < -0.39 is 11.9 Å². The summed E-state index contributed by atoms with van der Waals surface area (Å²) in [5.41, 5.74) is -0.643. The average Bonchev–Trinajstić information content (AvgIpc) is 2.01. The van der Waals surface area contributed by atoms with Crippen LogP contribution in [0, 0.1) is 6.92 Å². The van der Waals surface area contributed by atoms with Crippen LogP contribution in [0.15, 0.2) is 12.1 Å². The van der Waals surface area contributed by atoms with Gasteiger partial charge in [-0.1, -0.05) is 0 Å². The molecule has 1 rings (SSSR count). The van der Waals surface area contributed by atoms with Crippen LogP contribution in [-0.4, -0.2) is 12.1 Å². The Labute approximate surface area is 73.4 Å². The average molecular weight is 191 g/mol. The summed E-state index contributed by atoms with van der Waals surface area (Å²) in [6.07, 6.45) is -4.42. The zero-order chi connectivity index (χ0) is 10.1. The maximum atomic E-state index is 12.2. The Morgan fingerprint density at radius 2 is 1.92 bits per heavy atom. The highest BCUT2D eigenvalue weighted by atomic mass is 19.4. The molecular weight excluding hydrogens is 183 g/mol. The minimum Gasteiger partial charge on any atom is -0.497 e. The second-order valence-electron chi connectivity index (χ2n) is 2.53. The van der Waals surface area contributed by atoms with Crippen molar-refractivity contribution in [2.45, 2.75) is 13.1 Å². The lowest BCUT2D eigenvalue weighted by atomic mass is 10.3. The topological polar surface area (TPSA) is 22.1 Å². The van der Waals surface area contributed by atoms with Crippen LogP contribution in [0.1, 0.15) is 11.4 Å². The Hall–Kier alpha value is -1.26. The molecule has 5 heteroatoms. The lowest BCUT2D eigenvalue weighted by Crippen LogP contribution is -2.08. The fraction of sp³-hybridized carbons (Fsp3) is 0.375. The van der Waals surface area contributed by atoms with Gasteiger partial charge in [-0.25, -0.2) is 4.98 Å². The molecule has 0 aromatic carbocycles. The number of rotatable bonds is 1. The zero-order valence-corrected chi connectivity index (χ0v) is 7.14. The highest BCUT2D eigenvalue weighted by Crippen LogP contribution is 2.30. The van der Waals surface area contributed by atoms with Crippen molar-refractivity contribution < 1.29 is 17.9 Å². The molecule has 1 heterocycles. The van der Waals surface area contributed by atoms with Gasteiger partial charge in [-0.15, -0.1) is 0 Å². The van der Waals surface area contributed by atoms with Gasteiger partial charge in [0.2, 0.25) is 0 Å². The van der Waals surface area contributed by atoms with E-state index in [0.717, 1.165) is 6.07 Å². The van der Waals surface area contributed by atoms with Crippen molar-refractivity contribution in [2.75, 3.05) is 7.11 Å². The van der Waals surface area contributed by atoms with Crippen molar-refractivity contribution in [3.8, 4) is 5.75 Å². The minimum atomic E-state index is -4.42. The van der Waals surface area contributed by atoms with Crippen LogP contribution in [0.3, 0.4) is 0 Å². The Balaban J connectivity index is 3.16. The lowest BCUT2D eigenvalue weighted by molar-refractivity contribution is -0.141. The third-order valence-electron chi connectivity index (χ3n) is 1.45. The van der Waals surface area contributed by atoms with Crippen LogP contribution < -0.4 is 4.74 Å². The molecule has 0 atom stereocenters. The molecule has 0 saturated carbocycles. The molecule has 0 bridgehead atoms. The molecule has 0 aliphatic rings. The molecule has 1 aromatic rings. The summed E-state index contributed by atoms with van der Waals surface area (Å²) in [5.74, 6) is 0.167. The van der Waals surface area contributed by atoms with E-state index in [0.29, 0.717) is 0 Å². The van der Waals surface area contributed by atoms with Crippen LogP contribution in [0.25, 0.3) is 0 Å². The number of methoxy groups -OCH3 is 1. The number of aryl methyl sites for hydroxylation is 1. The fourth-order valence-corrected chi connectivity index (χ4v) is 0.900. The van der Waals surface area contributed by atoms with Crippen molar-refractivity contribution in [1.29, 1.82) is 0 Å². The van der Waals surface area contributed by atoms with Gasteiger partial charge in [0.15, 0.2) is 0 Å². The Kier molecular flexibility index (Phi) is 2.45. The van der Waals surface area contributed by atoms with E-state index in [9.17, 15) is 13.2 Å². The molecule has 1 aromatic heterocycles. The SMILES string of the molecule is COc1cc(C)nc(C(F)(F)F)c1. The van der Waals surface area contributed by atoms with E-state index in [1.807, 2.05) is 0 Å². The van der Waals surface area contributed by atoms with Crippen LogP contribution >= 0.6 is 0 Å². The van der Waals surface area contributed by atoms with Gasteiger partial charge in [-0.2, -0.15) is 13.2 Å². The van der Waals surface area contributed by atoms with Gasteiger partial charge < -0.3 is 4.74 Å². The van der Waals surface area contributed by atoms with E-state index in [4.69, 9.17) is 4.74 Å². The van der Waals surface area contributed by atoms with E-state index in [-0.39, 0.29) is 11.4 Å². The van der Waals surface area contributed by atoms with E-state index in [1.165, 1.54) is 20.1 Å². The Bertz CT molecular complexity index is 309. The first-order valence-electron chi connectivity index (χ1n) is 3.53. The van der Waals surface area contributed by atoms with Gasteiger partial charge in [-0.05, 0) is 6.92 Å². The number of pyridine rings is 1. The van der Waals surface area contributed by atoms with E-state index >= 15 is 0 Å². The largest absolute Gasteiger partial charge is 0.497 e. The standard InChI is InChI=1S/C8H8F3NO/c1-5-3-6(13-2)4-7(12-5)8(9,10)11/h3-4H,1-2H3. The van der Waals surface area contributed by atoms with Gasteiger partial charge in [0.05, 0.1) is 7.11 Å². The van der Waals surface area contributed by atoms with E-state index in [1.54, 1.807) is 0 Å². The summed E-state index contributed by atoms with van der Waals surface area (Å²) < 4.78 is 41.2. The van der Waals surface area contributed by atoms with Crippen LogP contribution in [0.4, 0.5) is 13.2 Å². The van der Waals surface area contributed by atoms with Crippen molar-refractivity contribution in [2.24, 2.45) is 0 Å². The maximum absolute atomic E-state index is 12.2. The number of halogens is 3. The summed E-state index contributed by atoms with van der Waals surface area (Å²) in [6.45, 7) is 1.48. The highest BCUT2D eigenvalue weighted by molar-refractivity contribution is 5.27. The smallest absolute Gasteiger partial charge is 0.433 e. The summed E-state index contributed by atoms with van der Waals surface area (Å²) in [4.78, 5) is 3.35. The first-order chi connectivity index (χ1) is 5.93. The summed E-state index contributed by atoms with van der Waals surface area (Å²) in [5, 5.41) is 0. The predicted molar refractivity (Wildman–Crippen MR) is 40.5 cm³/mol. The maximum Gasteiger partial charge on any atom is 0.433 e. The van der Waals surface area contributed by atoms with Gasteiger partial charge in [0, 0.05) is 17.8 Å². The summed E-state index contributed by atoms with van der Waals surface area (Å²) in [7, 11) is 1.31. The predicted octanol–water partition coefficient (Wildman–Crippen LogP) is 2.42. The van der Waals surface area contributed by atoms with Crippen molar-refractivity contribution in [3.63, 3.8) is 0 Å². The molecule has 0 amide bonds. The molecule has 72 valence electrons. The highest BCUT2D eigenvalue weighted by Gasteiger charge is 2.33. The monoisotopic (exact) mass is 191 g/mol. The van der Waals surface area contributed by atoms with Crippen LogP contribution in [-0.2, 0) is 6.18 Å². The van der Waals surface area contributed by atoms with Gasteiger partial charge in [-0.3, -0.25) is 0 Å². The normalized spacial score (nSPS) is 11.5. The molecule has 0 aliphatic heterocycles. The number of hydrogen-bond acceptors (Lipinski definition) is 2. The molecule has 2 nitrogen and oxygen atoms in total. The second-order valence-corrected chi connectivity index (χ2v) is 2.53. The van der Waals surface area contributed by atoms with Gasteiger partial charge in [0.1, 0.15) is 11.4 Å². The lowest BCUT2D eigenvalue weighted by Gasteiger charge is -2.08. The number of ether oxygens (including phenoxy) is 1. The molecule has 0 unspecified atom stereocenters. The quantitative estimate of drug-likeness (QED) is 0.680. The number of alkyl halides is 3. The van der Waals surface area contributed by atoms with Crippen LogP contribution in [0.2, 0.25) is 0 Å². The van der Waals surface area contributed by atoms with Crippen LogP contribution in [0.5, 0.6) is 5.75 Å². The third-order valence-corrected chi connectivity index (χ3v) is 1.45. The second kappa shape index (κ2) is 3.24. The fourth-order valence-electron chi connectivity index (χ4n) is 0.900. The number of aromatic nitrogens is 1. The molecule has 0 radical (unpaired) electrons. The van der Waals surface area contributed by atoms with Crippen molar-refractivity contribution >= 4 is 0 Å². The number of nitrogens with zero attached hydrogens (tertiary/aromatic N) is 1. The summed E-state index contributed by atoms with van der Waals surface area (Å²) in [6, 6.07) is 2.31. The molecule has 0 saturated heterocycles. The van der Waals surface area contributed by atoms with E-state index in [2.05, 4.69) is 4.98 Å². The summed E-state index contributed by atoms with van der Waals surface area (Å²) >= 11 is 0. The molecule has 0 aliphatic carbocycles. The molecule has 0 N–H and O–H groups in total. The first-order valence-corrected chi connectivity index (χ1v) is 3.53.